The number of amides is 1. The van der Waals surface area contributed by atoms with Crippen molar-refractivity contribution in [2.24, 2.45) is 0 Å². The molecular formula is C31H34N2O7. The minimum Gasteiger partial charge on any atom is -0.507 e. The number of methoxy groups -OCH3 is 3. The van der Waals surface area contributed by atoms with Gasteiger partial charge in [0, 0.05) is 24.5 Å². The molecule has 0 saturated carbocycles. The van der Waals surface area contributed by atoms with Crippen molar-refractivity contribution in [3.63, 3.8) is 0 Å². The van der Waals surface area contributed by atoms with Crippen molar-refractivity contribution >= 4 is 17.4 Å². The lowest BCUT2D eigenvalue weighted by Crippen LogP contribution is -2.29. The van der Waals surface area contributed by atoms with Gasteiger partial charge in [-0.2, -0.15) is 0 Å². The Morgan fingerprint density at radius 1 is 1.00 bits per heavy atom. The van der Waals surface area contributed by atoms with E-state index < -0.39 is 17.7 Å². The number of hydrogen-bond donors (Lipinski definition) is 1. The van der Waals surface area contributed by atoms with Gasteiger partial charge in [0.05, 0.1) is 39.6 Å². The predicted octanol–water partition coefficient (Wildman–Crippen LogP) is 5.25. The van der Waals surface area contributed by atoms with Crippen LogP contribution in [0.4, 0.5) is 0 Å². The van der Waals surface area contributed by atoms with Gasteiger partial charge in [-0.05, 0) is 65.9 Å². The number of benzene rings is 2. The zero-order valence-electron chi connectivity index (χ0n) is 23.6. The van der Waals surface area contributed by atoms with E-state index in [0.717, 1.165) is 11.1 Å². The van der Waals surface area contributed by atoms with Crippen LogP contribution in [0.5, 0.6) is 23.0 Å². The number of rotatable bonds is 10. The highest BCUT2D eigenvalue weighted by Crippen LogP contribution is 2.46. The number of ether oxygens (including phenoxy) is 4. The van der Waals surface area contributed by atoms with Crippen LogP contribution in [0.2, 0.25) is 0 Å². The first kappa shape index (κ1) is 28.5. The number of likely N-dealkylation sites (tertiary alicyclic amines) is 1. The van der Waals surface area contributed by atoms with Crippen LogP contribution in [0.1, 0.15) is 55.0 Å². The Balaban J connectivity index is 1.95. The first-order valence-electron chi connectivity index (χ1n) is 13.0. The molecular weight excluding hydrogens is 512 g/mol. The maximum Gasteiger partial charge on any atom is 0.295 e. The lowest BCUT2D eigenvalue weighted by Gasteiger charge is -2.26. The van der Waals surface area contributed by atoms with E-state index in [1.165, 1.54) is 26.2 Å². The minimum absolute atomic E-state index is 0.0398. The van der Waals surface area contributed by atoms with E-state index in [9.17, 15) is 14.7 Å². The fourth-order valence-electron chi connectivity index (χ4n) is 4.93. The zero-order chi connectivity index (χ0) is 29.0. The molecule has 1 aromatic heterocycles. The molecule has 1 aliphatic rings. The molecule has 210 valence electrons. The Bertz CT molecular complexity index is 1410. The van der Waals surface area contributed by atoms with Gasteiger partial charge in [0.25, 0.3) is 11.7 Å². The number of hydrogen-bond acceptors (Lipinski definition) is 8. The molecule has 4 rings (SSSR count). The van der Waals surface area contributed by atoms with E-state index in [2.05, 4.69) is 4.98 Å². The first-order chi connectivity index (χ1) is 19.2. The van der Waals surface area contributed by atoms with Crippen LogP contribution >= 0.6 is 0 Å². The van der Waals surface area contributed by atoms with Crippen molar-refractivity contribution in [2.45, 2.75) is 39.3 Å². The summed E-state index contributed by atoms with van der Waals surface area (Å²) in [6.45, 7) is 6.52. The number of ketones is 1. The molecule has 0 aliphatic carbocycles. The molecule has 1 unspecified atom stereocenters. The Kier molecular flexibility index (Phi) is 8.62. The molecule has 0 spiro atoms. The molecule has 1 amide bonds. The summed E-state index contributed by atoms with van der Waals surface area (Å²) in [6.07, 6.45) is 3.26. The summed E-state index contributed by atoms with van der Waals surface area (Å²) >= 11 is 0. The number of aliphatic hydroxyl groups excluding tert-OH is 1. The average molecular weight is 547 g/mol. The summed E-state index contributed by atoms with van der Waals surface area (Å²) in [4.78, 5) is 32.6. The lowest BCUT2D eigenvalue weighted by atomic mass is 9.92. The standard InChI is InChI=1S/C31H34N2O7/c1-7-40-23-11-10-20(13-22(23)18(2)3)28(34)26-27(21-14-24(37-4)30(39-6)25(15-21)38-5)33(31(36)29(26)35)17-19-9-8-12-32-16-19/h8-16,18,27,34H,7,17H2,1-6H3/b28-26+. The lowest BCUT2D eigenvalue weighted by molar-refractivity contribution is -0.140. The third-order valence-electron chi connectivity index (χ3n) is 6.82. The van der Waals surface area contributed by atoms with Crippen molar-refractivity contribution < 1.29 is 33.6 Å². The van der Waals surface area contributed by atoms with Crippen LogP contribution in [-0.4, -0.2) is 54.6 Å². The SMILES string of the molecule is CCOc1ccc(/C(O)=C2\C(=O)C(=O)N(Cc3cccnc3)C2c2cc(OC)c(OC)c(OC)c2)cc1C(C)C. The topological polar surface area (TPSA) is 107 Å². The molecule has 1 N–H and O–H groups in total. The van der Waals surface area contributed by atoms with Crippen LogP contribution in [0.25, 0.3) is 5.76 Å². The maximum atomic E-state index is 13.6. The van der Waals surface area contributed by atoms with Gasteiger partial charge in [0.1, 0.15) is 11.5 Å². The highest BCUT2D eigenvalue weighted by atomic mass is 16.5. The second kappa shape index (κ2) is 12.1. The van der Waals surface area contributed by atoms with Gasteiger partial charge in [-0.1, -0.05) is 19.9 Å². The summed E-state index contributed by atoms with van der Waals surface area (Å²) in [6, 6.07) is 11.3. The Morgan fingerprint density at radius 3 is 2.25 bits per heavy atom. The smallest absolute Gasteiger partial charge is 0.295 e. The molecule has 9 nitrogen and oxygen atoms in total. The van der Waals surface area contributed by atoms with E-state index in [1.54, 1.807) is 48.8 Å². The zero-order valence-corrected chi connectivity index (χ0v) is 23.6. The number of pyridine rings is 1. The third kappa shape index (κ3) is 5.32. The van der Waals surface area contributed by atoms with Gasteiger partial charge in [-0.3, -0.25) is 14.6 Å². The van der Waals surface area contributed by atoms with Crippen LogP contribution in [-0.2, 0) is 16.1 Å². The van der Waals surface area contributed by atoms with Crippen LogP contribution in [0.15, 0.2) is 60.4 Å². The Labute approximate surface area is 234 Å². The van der Waals surface area contributed by atoms with Crippen molar-refractivity contribution in [1.29, 1.82) is 0 Å². The van der Waals surface area contributed by atoms with Crippen molar-refractivity contribution in [1.82, 2.24) is 9.88 Å². The van der Waals surface area contributed by atoms with E-state index >= 15 is 0 Å². The van der Waals surface area contributed by atoms with Gasteiger partial charge in [0.15, 0.2) is 11.5 Å². The number of aliphatic hydroxyl groups is 1. The Hall–Kier alpha value is -4.53. The second-order valence-corrected chi connectivity index (χ2v) is 9.59. The number of Topliss-reactive ketones (excluding diaryl/α,β-unsaturated/α-hetero) is 1. The van der Waals surface area contributed by atoms with Crippen molar-refractivity contribution in [3.8, 4) is 23.0 Å². The van der Waals surface area contributed by atoms with Gasteiger partial charge >= 0.3 is 0 Å². The fourth-order valence-corrected chi connectivity index (χ4v) is 4.93. The molecule has 1 fully saturated rings. The van der Waals surface area contributed by atoms with Crippen LogP contribution in [0, 0.1) is 0 Å². The largest absolute Gasteiger partial charge is 0.507 e. The van der Waals surface area contributed by atoms with Crippen molar-refractivity contribution in [3.05, 3.63) is 82.7 Å². The van der Waals surface area contributed by atoms with E-state index in [4.69, 9.17) is 18.9 Å². The monoisotopic (exact) mass is 546 g/mol. The molecule has 3 aromatic rings. The second-order valence-electron chi connectivity index (χ2n) is 9.59. The average Bonchev–Trinajstić information content (AvgIpc) is 3.21. The van der Waals surface area contributed by atoms with E-state index in [-0.39, 0.29) is 23.8 Å². The molecule has 0 radical (unpaired) electrons. The summed E-state index contributed by atoms with van der Waals surface area (Å²) < 4.78 is 22.3. The van der Waals surface area contributed by atoms with Gasteiger partial charge in [-0.15, -0.1) is 0 Å². The maximum absolute atomic E-state index is 13.6. The molecule has 1 atom stereocenters. The fraction of sp³-hybridized carbons (Fsp3) is 0.323. The number of carbonyl (C=O) groups excluding carboxylic acids is 2. The number of aromatic nitrogens is 1. The molecule has 2 aromatic carbocycles. The molecule has 40 heavy (non-hydrogen) atoms. The predicted molar refractivity (Wildman–Crippen MR) is 150 cm³/mol. The summed E-state index contributed by atoms with van der Waals surface area (Å²) in [5.41, 5.74) is 2.48. The molecule has 1 aliphatic heterocycles. The van der Waals surface area contributed by atoms with Crippen LogP contribution < -0.4 is 18.9 Å². The highest BCUT2D eigenvalue weighted by Gasteiger charge is 2.46. The van der Waals surface area contributed by atoms with Gasteiger partial charge in [-0.25, -0.2) is 0 Å². The number of nitrogens with zero attached hydrogens (tertiary/aromatic N) is 2. The molecule has 1 saturated heterocycles. The minimum atomic E-state index is -0.942. The third-order valence-corrected chi connectivity index (χ3v) is 6.82. The van der Waals surface area contributed by atoms with Gasteiger partial charge < -0.3 is 29.0 Å². The number of carbonyl (C=O) groups is 2. The normalized spacial score (nSPS) is 16.4. The quantitative estimate of drug-likeness (QED) is 0.209. The summed E-state index contributed by atoms with van der Waals surface area (Å²) in [7, 11) is 4.47. The molecule has 2 heterocycles. The van der Waals surface area contributed by atoms with E-state index in [0.29, 0.717) is 40.7 Å². The summed E-state index contributed by atoms with van der Waals surface area (Å²) in [5.74, 6) is 0.0560. The Morgan fingerprint density at radius 2 is 1.70 bits per heavy atom. The van der Waals surface area contributed by atoms with Gasteiger partial charge in [0.2, 0.25) is 5.75 Å². The molecule has 9 heteroatoms. The highest BCUT2D eigenvalue weighted by molar-refractivity contribution is 6.46. The first-order valence-corrected chi connectivity index (χ1v) is 13.0. The van der Waals surface area contributed by atoms with Crippen LogP contribution in [0.3, 0.4) is 0 Å². The van der Waals surface area contributed by atoms with E-state index in [1.807, 2.05) is 26.8 Å². The summed E-state index contributed by atoms with van der Waals surface area (Å²) in [5, 5.41) is 11.6. The molecule has 0 bridgehead atoms. The van der Waals surface area contributed by atoms with Crippen molar-refractivity contribution in [2.75, 3.05) is 27.9 Å².